The van der Waals surface area contributed by atoms with Crippen molar-refractivity contribution >= 4 is 49.3 Å². The van der Waals surface area contributed by atoms with Gasteiger partial charge in [0.25, 0.3) is 11.8 Å². The first kappa shape index (κ1) is 18.5. The Kier molecular flexibility index (Phi) is 3.64. The van der Waals surface area contributed by atoms with E-state index >= 15 is 0 Å². The smallest absolute Gasteiger partial charge is 0.261 e. The molecule has 146 valence electrons. The average Bonchev–Trinajstić information content (AvgIpc) is 3.24. The minimum Gasteiger partial charge on any atom is -0.454 e. The molecular formula is C18H16BrN3O4S2. The molecule has 5 aliphatic heterocycles. The van der Waals surface area contributed by atoms with Crippen LogP contribution in [0.3, 0.4) is 0 Å². The molecule has 1 aromatic rings. The highest BCUT2D eigenvalue weighted by Gasteiger charge is 2.75. The summed E-state index contributed by atoms with van der Waals surface area (Å²) in [6, 6.07) is 5.39. The first-order valence-electron chi connectivity index (χ1n) is 8.68. The van der Waals surface area contributed by atoms with Gasteiger partial charge in [0.1, 0.15) is 0 Å². The molecule has 28 heavy (non-hydrogen) atoms. The van der Waals surface area contributed by atoms with E-state index in [0.29, 0.717) is 17.1 Å². The van der Waals surface area contributed by atoms with Gasteiger partial charge < -0.3 is 19.3 Å². The Balaban J connectivity index is 1.78. The summed E-state index contributed by atoms with van der Waals surface area (Å²) in [4.78, 5) is 28.1. The summed E-state index contributed by atoms with van der Waals surface area (Å²) >= 11 is 3.58. The van der Waals surface area contributed by atoms with Gasteiger partial charge in [-0.15, -0.1) is 0 Å². The Labute approximate surface area is 178 Å². The van der Waals surface area contributed by atoms with Crippen molar-refractivity contribution in [3.8, 4) is 17.6 Å². The third-order valence-corrected chi connectivity index (χ3v) is 10.5. The zero-order valence-electron chi connectivity index (χ0n) is 15.3. The van der Waals surface area contributed by atoms with E-state index in [2.05, 4.69) is 22.0 Å². The fourth-order valence-electron chi connectivity index (χ4n) is 4.58. The molecule has 0 radical (unpaired) electrons. The van der Waals surface area contributed by atoms with Gasteiger partial charge in [0.05, 0.1) is 17.5 Å². The summed E-state index contributed by atoms with van der Waals surface area (Å²) in [6.07, 6.45) is 0.251. The predicted molar refractivity (Wildman–Crippen MR) is 107 cm³/mol. The molecule has 2 bridgehead atoms. The maximum atomic E-state index is 13.6. The summed E-state index contributed by atoms with van der Waals surface area (Å²) < 4.78 is 12.0. The van der Waals surface area contributed by atoms with Crippen molar-refractivity contribution in [1.82, 2.24) is 9.80 Å². The van der Waals surface area contributed by atoms with Crippen LogP contribution < -0.4 is 9.47 Å². The number of benzene rings is 1. The highest BCUT2D eigenvalue weighted by Crippen LogP contribution is 2.70. The average molecular weight is 482 g/mol. The van der Waals surface area contributed by atoms with E-state index in [1.807, 2.05) is 13.0 Å². The molecule has 0 saturated carbocycles. The van der Waals surface area contributed by atoms with Crippen LogP contribution in [-0.2, 0) is 9.59 Å². The number of hydrogen-bond donors (Lipinski definition) is 0. The Hall–Kier alpha value is -1.57. The highest BCUT2D eigenvalue weighted by atomic mass is 79.9. The van der Waals surface area contributed by atoms with E-state index in [0.717, 1.165) is 4.47 Å². The quantitative estimate of drug-likeness (QED) is 0.569. The van der Waals surface area contributed by atoms with E-state index in [-0.39, 0.29) is 25.0 Å². The first-order chi connectivity index (χ1) is 13.2. The Morgan fingerprint density at radius 2 is 2.00 bits per heavy atom. The third kappa shape index (κ3) is 1.93. The van der Waals surface area contributed by atoms with Crippen LogP contribution in [0.5, 0.6) is 11.5 Å². The second-order valence-electron chi connectivity index (χ2n) is 7.78. The van der Waals surface area contributed by atoms with Crippen LogP contribution in [0.25, 0.3) is 0 Å². The number of amides is 2. The SMILES string of the molecule is CN1C(=O)[C@]23C[C@](C)(C#N)C(c4c(Br)ccc5c4OCO5)N2C(=O)[C@@]1(C)SS3. The van der Waals surface area contributed by atoms with Gasteiger partial charge in [-0.3, -0.25) is 9.59 Å². The van der Waals surface area contributed by atoms with Crippen LogP contribution in [0.1, 0.15) is 31.9 Å². The number of carbonyl (C=O) groups excluding carboxylic acids is 2. The number of ether oxygens (including phenoxy) is 2. The van der Waals surface area contributed by atoms with Crippen molar-refractivity contribution in [3.63, 3.8) is 0 Å². The van der Waals surface area contributed by atoms with Gasteiger partial charge >= 0.3 is 0 Å². The topological polar surface area (TPSA) is 82.9 Å². The summed E-state index contributed by atoms with van der Waals surface area (Å²) in [5.41, 5.74) is -0.291. The summed E-state index contributed by atoms with van der Waals surface area (Å²) in [7, 11) is 4.45. The molecule has 5 aliphatic rings. The van der Waals surface area contributed by atoms with Crippen LogP contribution in [0.15, 0.2) is 16.6 Å². The lowest BCUT2D eigenvalue weighted by atomic mass is 9.79. The summed E-state index contributed by atoms with van der Waals surface area (Å²) in [5.74, 6) is 0.801. The van der Waals surface area contributed by atoms with E-state index in [1.165, 1.54) is 26.5 Å². The number of rotatable bonds is 1. The van der Waals surface area contributed by atoms with E-state index in [9.17, 15) is 14.9 Å². The Morgan fingerprint density at radius 1 is 1.25 bits per heavy atom. The molecule has 1 aromatic carbocycles. The monoisotopic (exact) mass is 481 g/mol. The maximum Gasteiger partial charge on any atom is 0.261 e. The number of halogens is 1. The first-order valence-corrected chi connectivity index (χ1v) is 11.6. The lowest BCUT2D eigenvalue weighted by Crippen LogP contribution is -2.73. The van der Waals surface area contributed by atoms with Gasteiger partial charge in [-0.05, 0) is 26.0 Å². The van der Waals surface area contributed by atoms with Gasteiger partial charge in [0.15, 0.2) is 21.2 Å². The molecule has 10 heteroatoms. The molecule has 4 atom stereocenters. The molecule has 0 aromatic heterocycles. The third-order valence-electron chi connectivity index (χ3n) is 6.15. The van der Waals surface area contributed by atoms with Crippen molar-refractivity contribution in [3.05, 3.63) is 22.2 Å². The standard InChI is InChI=1S/C18H16BrN3O4S2/c1-16(7-20)6-18-15(24)21(3)17(2,27-28-18)14(23)22(18)13(16)11-9(19)4-5-10-12(11)26-8-25-10/h4-5,13H,6,8H2,1-3H3/t13?,16-,17-,18-/m1/s1. The van der Waals surface area contributed by atoms with Crippen LogP contribution in [0.2, 0.25) is 0 Å². The predicted octanol–water partition coefficient (Wildman–Crippen LogP) is 3.26. The number of carbonyl (C=O) groups is 2. The lowest BCUT2D eigenvalue weighted by molar-refractivity contribution is -0.164. The van der Waals surface area contributed by atoms with Gasteiger partial charge in [0, 0.05) is 23.5 Å². The molecule has 2 amide bonds. The second-order valence-corrected chi connectivity index (χ2v) is 11.4. The van der Waals surface area contributed by atoms with Crippen LogP contribution in [0.4, 0.5) is 0 Å². The number of nitriles is 1. The number of fused-ring (bicyclic) bond motifs is 3. The highest BCUT2D eigenvalue weighted by molar-refractivity contribution is 9.10. The van der Waals surface area contributed by atoms with Crippen LogP contribution in [0, 0.1) is 16.7 Å². The summed E-state index contributed by atoms with van der Waals surface area (Å²) in [6.45, 7) is 3.66. The van der Waals surface area contributed by atoms with Crippen molar-refractivity contribution in [2.45, 2.75) is 36.1 Å². The number of piperazine rings is 1. The molecule has 0 N–H and O–H groups in total. The van der Waals surface area contributed by atoms with Gasteiger partial charge in [-0.1, -0.05) is 37.5 Å². The molecule has 7 nitrogen and oxygen atoms in total. The lowest BCUT2D eigenvalue weighted by Gasteiger charge is -2.57. The van der Waals surface area contributed by atoms with Crippen LogP contribution >= 0.6 is 37.5 Å². The number of likely N-dealkylation sites (N-methyl/N-ethyl adjacent to an activating group) is 1. The molecule has 1 unspecified atom stereocenters. The van der Waals surface area contributed by atoms with Crippen molar-refractivity contribution in [2.75, 3.05) is 13.8 Å². The normalized spacial score (nSPS) is 38.0. The largest absolute Gasteiger partial charge is 0.454 e. The van der Waals surface area contributed by atoms with Crippen molar-refractivity contribution in [1.29, 1.82) is 5.26 Å². The molecule has 1 spiro atoms. The fourth-order valence-corrected chi connectivity index (χ4v) is 8.69. The number of nitrogens with zero attached hydrogens (tertiary/aromatic N) is 3. The van der Waals surface area contributed by atoms with Crippen molar-refractivity contribution < 1.29 is 19.1 Å². The molecule has 4 fully saturated rings. The summed E-state index contributed by atoms with van der Waals surface area (Å²) in [5, 5.41) is 10.2. The van der Waals surface area contributed by atoms with Gasteiger partial charge in [-0.25, -0.2) is 0 Å². The van der Waals surface area contributed by atoms with E-state index < -0.39 is 21.2 Å². The minimum absolute atomic E-state index is 0.0812. The zero-order chi connectivity index (χ0) is 20.1. The molecular weight excluding hydrogens is 466 g/mol. The van der Waals surface area contributed by atoms with Gasteiger partial charge in [-0.2, -0.15) is 5.26 Å². The number of hydrogen-bond acceptors (Lipinski definition) is 7. The van der Waals surface area contributed by atoms with Crippen molar-refractivity contribution in [2.24, 2.45) is 5.41 Å². The fraction of sp³-hybridized carbons (Fsp3) is 0.500. The second kappa shape index (κ2) is 5.52. The molecule has 6 rings (SSSR count). The Morgan fingerprint density at radius 3 is 2.71 bits per heavy atom. The molecule has 5 heterocycles. The molecule has 4 saturated heterocycles. The van der Waals surface area contributed by atoms with Gasteiger partial charge in [0.2, 0.25) is 6.79 Å². The minimum atomic E-state index is -1.11. The van der Waals surface area contributed by atoms with E-state index in [1.54, 1.807) is 24.9 Å². The Bertz CT molecular complexity index is 1000. The van der Waals surface area contributed by atoms with E-state index in [4.69, 9.17) is 9.47 Å². The van der Waals surface area contributed by atoms with Crippen LogP contribution in [-0.4, -0.2) is 45.2 Å². The zero-order valence-corrected chi connectivity index (χ0v) is 18.5. The maximum absolute atomic E-state index is 13.6. The molecule has 0 aliphatic carbocycles.